The first-order valence-corrected chi connectivity index (χ1v) is 12.4. The lowest BCUT2D eigenvalue weighted by Crippen LogP contribution is -2.57. The van der Waals surface area contributed by atoms with Gasteiger partial charge in [0.2, 0.25) is 11.8 Å². The standard InChI is InChI=1S/C25H40N2O6/c1-6-14-26(17(3)4)22(30)20-25-13-12-24(5,33-25)19(23(31)32-7-2)18(25)21(29)27(20)15-10-8-9-11-16-28/h6,17-20,28H,1,7-16H2,2-5H3/t18-,19-,20?,24+,25?/m0/s1. The fourth-order valence-corrected chi connectivity index (χ4v) is 6.13. The fraction of sp³-hybridized carbons (Fsp3) is 0.800. The van der Waals surface area contributed by atoms with Gasteiger partial charge in [0.25, 0.3) is 0 Å². The number of unbranched alkanes of at least 4 members (excludes halogenated alkanes) is 3. The predicted molar refractivity (Wildman–Crippen MR) is 123 cm³/mol. The van der Waals surface area contributed by atoms with Gasteiger partial charge in [-0.15, -0.1) is 6.58 Å². The number of carbonyl (C=O) groups is 3. The summed E-state index contributed by atoms with van der Waals surface area (Å²) in [5.41, 5.74) is -1.82. The van der Waals surface area contributed by atoms with E-state index in [0.717, 1.165) is 25.7 Å². The summed E-state index contributed by atoms with van der Waals surface area (Å²) in [6.07, 6.45) is 6.02. The zero-order valence-corrected chi connectivity index (χ0v) is 20.5. The highest BCUT2D eigenvalue weighted by molar-refractivity contribution is 5.98. The average Bonchev–Trinajstić information content (AvgIpc) is 3.32. The van der Waals surface area contributed by atoms with Gasteiger partial charge in [-0.2, -0.15) is 0 Å². The molecule has 3 aliphatic heterocycles. The first-order chi connectivity index (χ1) is 15.7. The molecule has 2 amide bonds. The SMILES string of the molecule is C=CCN(C(=O)C1N(CCCCCCO)C(=O)[C@@H]2[C@@H](C(=O)OCC)[C@@]3(C)CCC12O3)C(C)C. The quantitative estimate of drug-likeness (QED) is 0.270. The van der Waals surface area contributed by atoms with Crippen molar-refractivity contribution in [1.29, 1.82) is 0 Å². The molecule has 8 heteroatoms. The monoisotopic (exact) mass is 464 g/mol. The minimum Gasteiger partial charge on any atom is -0.466 e. The molecule has 3 rings (SSSR count). The molecule has 0 radical (unpaired) electrons. The van der Waals surface area contributed by atoms with Gasteiger partial charge in [-0.25, -0.2) is 0 Å². The molecule has 1 spiro atoms. The lowest BCUT2D eigenvalue weighted by atomic mass is 9.66. The topological polar surface area (TPSA) is 96.4 Å². The zero-order chi connectivity index (χ0) is 24.4. The summed E-state index contributed by atoms with van der Waals surface area (Å²) in [7, 11) is 0. The van der Waals surface area contributed by atoms with E-state index in [-0.39, 0.29) is 31.1 Å². The maximum Gasteiger partial charge on any atom is 0.312 e. The van der Waals surface area contributed by atoms with Crippen LogP contribution in [0.15, 0.2) is 12.7 Å². The summed E-state index contributed by atoms with van der Waals surface area (Å²) in [6, 6.07) is -0.834. The Bertz CT molecular complexity index is 770. The summed E-state index contributed by atoms with van der Waals surface area (Å²) < 4.78 is 11.9. The Kier molecular flexibility index (Phi) is 7.89. The number of ether oxygens (including phenoxy) is 2. The van der Waals surface area contributed by atoms with E-state index >= 15 is 0 Å². The van der Waals surface area contributed by atoms with Crippen molar-refractivity contribution in [3.63, 3.8) is 0 Å². The van der Waals surface area contributed by atoms with Crippen molar-refractivity contribution >= 4 is 17.8 Å². The van der Waals surface area contributed by atoms with Crippen LogP contribution >= 0.6 is 0 Å². The molecule has 33 heavy (non-hydrogen) atoms. The first kappa shape index (κ1) is 25.7. The normalized spacial score (nSPS) is 32.4. The Morgan fingerprint density at radius 3 is 2.61 bits per heavy atom. The maximum absolute atomic E-state index is 14.0. The van der Waals surface area contributed by atoms with Crippen LogP contribution in [0.3, 0.4) is 0 Å². The number of fused-ring (bicyclic) bond motifs is 1. The van der Waals surface area contributed by atoms with E-state index in [9.17, 15) is 14.4 Å². The maximum atomic E-state index is 14.0. The van der Waals surface area contributed by atoms with Crippen LogP contribution in [0.5, 0.6) is 0 Å². The van der Waals surface area contributed by atoms with E-state index in [1.54, 1.807) is 22.8 Å². The van der Waals surface area contributed by atoms with Gasteiger partial charge in [0, 0.05) is 25.7 Å². The predicted octanol–water partition coefficient (Wildman–Crippen LogP) is 2.29. The second-order valence-corrected chi connectivity index (χ2v) is 10.0. The summed E-state index contributed by atoms with van der Waals surface area (Å²) >= 11 is 0. The van der Waals surface area contributed by atoms with Crippen molar-refractivity contribution in [3.8, 4) is 0 Å². The third-order valence-corrected chi connectivity index (χ3v) is 7.59. The largest absolute Gasteiger partial charge is 0.466 e. The van der Waals surface area contributed by atoms with E-state index in [1.165, 1.54) is 0 Å². The summed E-state index contributed by atoms with van der Waals surface area (Å²) in [4.78, 5) is 44.2. The van der Waals surface area contributed by atoms with E-state index < -0.39 is 35.0 Å². The molecule has 1 N–H and O–H groups in total. The summed E-state index contributed by atoms with van der Waals surface area (Å²) in [5.74, 6) is -2.16. The molecule has 186 valence electrons. The molecule has 3 fully saturated rings. The van der Waals surface area contributed by atoms with E-state index in [0.29, 0.717) is 25.9 Å². The Labute approximate surface area is 197 Å². The molecule has 0 aromatic rings. The minimum atomic E-state index is -1.01. The van der Waals surface area contributed by atoms with Gasteiger partial charge in [-0.1, -0.05) is 18.9 Å². The molecule has 5 atom stereocenters. The molecule has 0 saturated carbocycles. The van der Waals surface area contributed by atoms with Crippen LogP contribution in [-0.4, -0.2) is 82.3 Å². The highest BCUT2D eigenvalue weighted by Gasteiger charge is 2.78. The van der Waals surface area contributed by atoms with Crippen LogP contribution in [0.4, 0.5) is 0 Å². The van der Waals surface area contributed by atoms with Gasteiger partial charge < -0.3 is 24.4 Å². The molecular formula is C25H40N2O6. The molecule has 0 aromatic heterocycles. The molecule has 2 unspecified atom stereocenters. The van der Waals surface area contributed by atoms with E-state index in [1.807, 2.05) is 20.8 Å². The number of esters is 1. The van der Waals surface area contributed by atoms with E-state index in [4.69, 9.17) is 14.6 Å². The Hall–Kier alpha value is -1.93. The van der Waals surface area contributed by atoms with Crippen LogP contribution in [0.2, 0.25) is 0 Å². The number of aliphatic hydroxyl groups excluding tert-OH is 1. The van der Waals surface area contributed by atoms with Gasteiger partial charge in [-0.3, -0.25) is 14.4 Å². The number of nitrogens with zero attached hydrogens (tertiary/aromatic N) is 2. The molecule has 0 aliphatic carbocycles. The van der Waals surface area contributed by atoms with Crippen LogP contribution in [0.25, 0.3) is 0 Å². The Morgan fingerprint density at radius 2 is 2.00 bits per heavy atom. The zero-order valence-electron chi connectivity index (χ0n) is 20.5. The Balaban J connectivity index is 1.98. The smallest absolute Gasteiger partial charge is 0.312 e. The van der Waals surface area contributed by atoms with Crippen molar-refractivity contribution in [2.75, 3.05) is 26.3 Å². The lowest BCUT2D eigenvalue weighted by molar-refractivity contribution is -0.160. The van der Waals surface area contributed by atoms with Crippen LogP contribution in [-0.2, 0) is 23.9 Å². The van der Waals surface area contributed by atoms with Crippen molar-refractivity contribution in [1.82, 2.24) is 9.80 Å². The molecule has 3 heterocycles. The lowest BCUT2D eigenvalue weighted by Gasteiger charge is -2.38. The highest BCUT2D eigenvalue weighted by Crippen LogP contribution is 2.63. The number of rotatable bonds is 12. The second-order valence-electron chi connectivity index (χ2n) is 10.0. The minimum absolute atomic E-state index is 0.0671. The molecule has 3 saturated heterocycles. The number of aliphatic hydroxyl groups is 1. The third-order valence-electron chi connectivity index (χ3n) is 7.59. The third kappa shape index (κ3) is 4.32. The van der Waals surface area contributed by atoms with E-state index in [2.05, 4.69) is 6.58 Å². The fourth-order valence-electron chi connectivity index (χ4n) is 6.13. The van der Waals surface area contributed by atoms with Crippen molar-refractivity contribution in [2.45, 2.75) is 89.5 Å². The van der Waals surface area contributed by atoms with Crippen LogP contribution < -0.4 is 0 Å². The number of hydrogen-bond donors (Lipinski definition) is 1. The molecule has 3 aliphatic rings. The average molecular weight is 465 g/mol. The molecule has 2 bridgehead atoms. The van der Waals surface area contributed by atoms with Gasteiger partial charge >= 0.3 is 5.97 Å². The summed E-state index contributed by atoms with van der Waals surface area (Å²) in [5, 5.41) is 9.04. The van der Waals surface area contributed by atoms with Crippen molar-refractivity contribution in [2.24, 2.45) is 11.8 Å². The van der Waals surface area contributed by atoms with Gasteiger partial charge in [0.15, 0.2) is 0 Å². The highest BCUT2D eigenvalue weighted by atomic mass is 16.6. The van der Waals surface area contributed by atoms with Crippen LogP contribution in [0, 0.1) is 11.8 Å². The first-order valence-electron chi connectivity index (χ1n) is 12.4. The Morgan fingerprint density at radius 1 is 1.30 bits per heavy atom. The number of likely N-dealkylation sites (tertiary alicyclic amines) is 1. The van der Waals surface area contributed by atoms with Gasteiger partial charge in [-0.05, 0) is 53.4 Å². The summed E-state index contributed by atoms with van der Waals surface area (Å²) in [6.45, 7) is 12.5. The van der Waals surface area contributed by atoms with Crippen LogP contribution in [0.1, 0.15) is 66.2 Å². The van der Waals surface area contributed by atoms with Gasteiger partial charge in [0.1, 0.15) is 17.6 Å². The number of amides is 2. The van der Waals surface area contributed by atoms with Crippen molar-refractivity contribution in [3.05, 3.63) is 12.7 Å². The number of hydrogen-bond acceptors (Lipinski definition) is 6. The molecular weight excluding hydrogens is 424 g/mol. The molecule has 0 aromatic carbocycles. The van der Waals surface area contributed by atoms with Gasteiger partial charge in [0.05, 0.1) is 18.1 Å². The second kappa shape index (κ2) is 10.1. The van der Waals surface area contributed by atoms with Crippen molar-refractivity contribution < 1.29 is 29.0 Å². The molecule has 8 nitrogen and oxygen atoms in total. The number of carbonyl (C=O) groups excluding carboxylic acids is 3.